The number of imidazole rings is 1. The second-order valence-electron chi connectivity index (χ2n) is 7.50. The Morgan fingerprint density at radius 3 is 2.56 bits per heavy atom. The fraction of sp³-hybridized carbons (Fsp3) is 0.304. The Hall–Kier alpha value is -2.88. The highest BCUT2D eigenvalue weighted by Gasteiger charge is 2.29. The number of amides is 1. The second-order valence-corrected chi connectivity index (χ2v) is 7.50. The predicted molar refractivity (Wildman–Crippen MR) is 108 cm³/mol. The van der Waals surface area contributed by atoms with Crippen LogP contribution in [0.3, 0.4) is 0 Å². The summed E-state index contributed by atoms with van der Waals surface area (Å²) in [5.41, 5.74) is 4.52. The van der Waals surface area contributed by atoms with Gasteiger partial charge in [-0.15, -0.1) is 0 Å². The van der Waals surface area contributed by atoms with Gasteiger partial charge in [0, 0.05) is 11.3 Å². The number of nitrogens with one attached hydrogen (secondary N) is 1. The minimum Gasteiger partial charge on any atom is -0.323 e. The Morgan fingerprint density at radius 1 is 1.11 bits per heavy atom. The molecule has 0 spiro atoms. The van der Waals surface area contributed by atoms with Crippen LogP contribution in [0.4, 0.5) is 5.69 Å². The smallest absolute Gasteiger partial charge is 0.266 e. The fourth-order valence-corrected chi connectivity index (χ4v) is 3.79. The van der Waals surface area contributed by atoms with Gasteiger partial charge in [-0.25, -0.2) is 9.13 Å². The van der Waals surface area contributed by atoms with Gasteiger partial charge in [-0.3, -0.25) is 4.79 Å². The van der Waals surface area contributed by atoms with E-state index in [0.717, 1.165) is 25.1 Å². The van der Waals surface area contributed by atoms with Gasteiger partial charge in [-0.05, 0) is 30.0 Å². The number of fused-ring (bicyclic) bond motifs is 1. The third kappa shape index (κ3) is 3.65. The number of hydrogen-bond donors (Lipinski definition) is 1. The van der Waals surface area contributed by atoms with Crippen LogP contribution in [0.15, 0.2) is 60.8 Å². The number of nitrogens with zero attached hydrogens (tertiary/aromatic N) is 2. The number of carbonyl (C=O) groups excluding carboxylic acids is 1. The highest BCUT2D eigenvalue weighted by Crippen LogP contribution is 2.24. The molecule has 3 aromatic rings. The van der Waals surface area contributed by atoms with Crippen LogP contribution in [0.2, 0.25) is 0 Å². The van der Waals surface area contributed by atoms with Crippen LogP contribution in [0.25, 0.3) is 11.3 Å². The van der Waals surface area contributed by atoms with Crippen LogP contribution in [-0.4, -0.2) is 10.5 Å². The van der Waals surface area contributed by atoms with Crippen LogP contribution in [-0.2, 0) is 24.3 Å². The molecular weight excluding hydrogens is 334 g/mol. The van der Waals surface area contributed by atoms with Crippen LogP contribution in [0, 0.1) is 0 Å². The molecule has 0 radical (unpaired) electrons. The molecule has 0 saturated heterocycles. The summed E-state index contributed by atoms with van der Waals surface area (Å²) in [5.74, 6) is 1.74. The van der Waals surface area contributed by atoms with Gasteiger partial charge < -0.3 is 5.32 Å². The number of rotatable bonds is 5. The molecule has 138 valence electrons. The monoisotopic (exact) mass is 360 g/mol. The van der Waals surface area contributed by atoms with E-state index in [2.05, 4.69) is 70.9 Å². The van der Waals surface area contributed by atoms with Crippen molar-refractivity contribution in [3.63, 3.8) is 0 Å². The SMILES string of the molecule is CC(C)c1ccc(NC(=O)C[n+]2cc(-c3ccccc3)n3c2CCC3)cc1. The molecule has 1 amide bonds. The average molecular weight is 360 g/mol. The molecule has 0 aliphatic carbocycles. The van der Waals surface area contributed by atoms with Crippen molar-refractivity contribution in [1.82, 2.24) is 4.57 Å². The molecule has 1 aliphatic heterocycles. The Labute approximate surface area is 160 Å². The molecule has 2 heterocycles. The summed E-state index contributed by atoms with van der Waals surface area (Å²) in [6, 6.07) is 18.5. The van der Waals surface area contributed by atoms with E-state index in [1.807, 2.05) is 18.2 Å². The Balaban J connectivity index is 1.52. The molecule has 0 fully saturated rings. The predicted octanol–water partition coefficient (Wildman–Crippen LogP) is 4.15. The summed E-state index contributed by atoms with van der Waals surface area (Å²) in [5, 5.41) is 3.03. The van der Waals surface area contributed by atoms with Gasteiger partial charge in [0.15, 0.2) is 12.2 Å². The van der Waals surface area contributed by atoms with Crippen molar-refractivity contribution in [2.75, 3.05) is 5.32 Å². The zero-order valence-electron chi connectivity index (χ0n) is 16.0. The zero-order chi connectivity index (χ0) is 18.8. The molecule has 2 aromatic carbocycles. The first-order chi connectivity index (χ1) is 13.1. The molecule has 27 heavy (non-hydrogen) atoms. The van der Waals surface area contributed by atoms with Gasteiger partial charge in [0.2, 0.25) is 0 Å². The van der Waals surface area contributed by atoms with E-state index >= 15 is 0 Å². The van der Waals surface area contributed by atoms with E-state index in [4.69, 9.17) is 0 Å². The van der Waals surface area contributed by atoms with E-state index in [1.165, 1.54) is 22.6 Å². The first kappa shape index (κ1) is 17.5. The standard InChI is InChI=1S/C23H25N3O/c1-17(2)18-10-12-20(13-11-18)24-22(27)16-25-15-21(19-7-4-3-5-8-19)26-14-6-9-23(25)26/h3-5,7-8,10-13,15,17H,6,9,14,16H2,1-2H3/p+1. The van der Waals surface area contributed by atoms with Gasteiger partial charge in [0.1, 0.15) is 6.20 Å². The minimum atomic E-state index is 0.0113. The molecule has 4 heteroatoms. The lowest BCUT2D eigenvalue weighted by Crippen LogP contribution is -2.42. The molecule has 0 bridgehead atoms. The topological polar surface area (TPSA) is 37.9 Å². The molecular formula is C23H26N3O+. The van der Waals surface area contributed by atoms with Crippen molar-refractivity contribution in [2.45, 2.75) is 45.7 Å². The lowest BCUT2D eigenvalue weighted by molar-refractivity contribution is -0.690. The maximum Gasteiger partial charge on any atom is 0.266 e. The molecule has 0 atom stereocenters. The molecule has 1 aromatic heterocycles. The van der Waals surface area contributed by atoms with E-state index in [9.17, 15) is 4.79 Å². The summed E-state index contributed by atoms with van der Waals surface area (Å²) >= 11 is 0. The Morgan fingerprint density at radius 2 is 1.85 bits per heavy atom. The lowest BCUT2D eigenvalue weighted by atomic mass is 10.0. The third-order valence-electron chi connectivity index (χ3n) is 5.24. The largest absolute Gasteiger partial charge is 0.323 e. The van der Waals surface area contributed by atoms with Gasteiger partial charge in [0.05, 0.1) is 13.0 Å². The minimum absolute atomic E-state index is 0.0113. The molecule has 0 unspecified atom stereocenters. The highest BCUT2D eigenvalue weighted by molar-refractivity contribution is 5.89. The van der Waals surface area contributed by atoms with Crippen LogP contribution in [0.5, 0.6) is 0 Å². The summed E-state index contributed by atoms with van der Waals surface area (Å²) in [6.45, 7) is 5.70. The molecule has 1 N–H and O–H groups in total. The zero-order valence-corrected chi connectivity index (χ0v) is 16.0. The van der Waals surface area contributed by atoms with E-state index in [0.29, 0.717) is 12.5 Å². The number of hydrogen-bond acceptors (Lipinski definition) is 1. The number of aromatic nitrogens is 2. The quantitative estimate of drug-likeness (QED) is 0.682. The van der Waals surface area contributed by atoms with Gasteiger partial charge in [-0.1, -0.05) is 56.3 Å². The van der Waals surface area contributed by atoms with Crippen LogP contribution in [0.1, 0.15) is 37.6 Å². The van der Waals surface area contributed by atoms with Crippen molar-refractivity contribution >= 4 is 11.6 Å². The maximum atomic E-state index is 12.6. The van der Waals surface area contributed by atoms with Gasteiger partial charge in [0.25, 0.3) is 11.7 Å². The van der Waals surface area contributed by atoms with Crippen molar-refractivity contribution in [1.29, 1.82) is 0 Å². The van der Waals surface area contributed by atoms with Crippen LogP contribution >= 0.6 is 0 Å². The van der Waals surface area contributed by atoms with E-state index in [1.54, 1.807) is 0 Å². The normalized spacial score (nSPS) is 13.0. The first-order valence-corrected chi connectivity index (χ1v) is 9.69. The average Bonchev–Trinajstić information content (AvgIpc) is 3.27. The summed E-state index contributed by atoms with van der Waals surface area (Å²) in [7, 11) is 0. The summed E-state index contributed by atoms with van der Waals surface area (Å²) < 4.78 is 4.45. The van der Waals surface area contributed by atoms with Crippen molar-refractivity contribution in [3.8, 4) is 11.3 Å². The molecule has 0 saturated carbocycles. The Kier molecular flexibility index (Phi) is 4.80. The van der Waals surface area contributed by atoms with E-state index in [-0.39, 0.29) is 5.91 Å². The summed E-state index contributed by atoms with van der Waals surface area (Å²) in [6.07, 6.45) is 4.27. The van der Waals surface area contributed by atoms with E-state index < -0.39 is 0 Å². The molecule has 4 nitrogen and oxygen atoms in total. The van der Waals surface area contributed by atoms with Gasteiger partial charge in [-0.2, -0.15) is 0 Å². The lowest BCUT2D eigenvalue weighted by Gasteiger charge is -2.08. The maximum absolute atomic E-state index is 12.6. The number of anilines is 1. The first-order valence-electron chi connectivity index (χ1n) is 9.69. The second kappa shape index (κ2) is 7.39. The summed E-state index contributed by atoms with van der Waals surface area (Å²) in [4.78, 5) is 12.6. The molecule has 1 aliphatic rings. The van der Waals surface area contributed by atoms with Gasteiger partial charge >= 0.3 is 0 Å². The number of carbonyl (C=O) groups is 1. The van der Waals surface area contributed by atoms with Crippen molar-refractivity contribution in [2.24, 2.45) is 0 Å². The molecule has 4 rings (SSSR count). The third-order valence-corrected chi connectivity index (χ3v) is 5.24. The van der Waals surface area contributed by atoms with Crippen molar-refractivity contribution in [3.05, 3.63) is 72.2 Å². The van der Waals surface area contributed by atoms with Crippen LogP contribution < -0.4 is 9.88 Å². The highest BCUT2D eigenvalue weighted by atomic mass is 16.1. The Bertz CT molecular complexity index is 940. The van der Waals surface area contributed by atoms with Crippen molar-refractivity contribution < 1.29 is 9.36 Å². The fourth-order valence-electron chi connectivity index (χ4n) is 3.79. The number of benzene rings is 2.